The summed E-state index contributed by atoms with van der Waals surface area (Å²) in [7, 11) is -3.16. The maximum Gasteiger partial charge on any atom is 0.214 e. The third-order valence-electron chi connectivity index (χ3n) is 6.23. The Morgan fingerprint density at radius 2 is 2.11 bits per heavy atom. The monoisotopic (exact) mass is 387 g/mol. The standard InChI is InChI=1S/C19H25N5O2S/c1-3-12-8-13(23-27(25,26)14-4-5-14)9-15(12)19-22-11(2)17-10-21-18-16(24(17)19)6-7-20-18/h6-7,10,12-15,20,23H,3-5,8-9H2,1-2H3/t12-,13+,15+/m1/s1. The second-order valence-electron chi connectivity index (χ2n) is 8.05. The average Bonchev–Trinajstić information content (AvgIpc) is 3.14. The molecule has 8 heteroatoms. The molecular weight excluding hydrogens is 362 g/mol. The van der Waals surface area contributed by atoms with Crippen molar-refractivity contribution >= 4 is 26.7 Å². The van der Waals surface area contributed by atoms with E-state index in [1.165, 1.54) is 0 Å². The molecule has 2 aliphatic carbocycles. The summed E-state index contributed by atoms with van der Waals surface area (Å²) >= 11 is 0. The summed E-state index contributed by atoms with van der Waals surface area (Å²) in [6.45, 7) is 4.20. The number of imidazole rings is 1. The van der Waals surface area contributed by atoms with Gasteiger partial charge in [-0.05, 0) is 44.6 Å². The van der Waals surface area contributed by atoms with Crippen LogP contribution in [0.5, 0.6) is 0 Å². The van der Waals surface area contributed by atoms with Gasteiger partial charge in [0.15, 0.2) is 5.65 Å². The first-order valence-corrected chi connectivity index (χ1v) is 11.3. The highest BCUT2D eigenvalue weighted by atomic mass is 32.2. The molecule has 0 unspecified atom stereocenters. The fourth-order valence-corrected chi connectivity index (χ4v) is 6.28. The van der Waals surface area contributed by atoms with E-state index in [0.717, 1.165) is 60.3 Å². The lowest BCUT2D eigenvalue weighted by Gasteiger charge is -2.17. The van der Waals surface area contributed by atoms with E-state index >= 15 is 0 Å². The van der Waals surface area contributed by atoms with Gasteiger partial charge in [0, 0.05) is 18.2 Å². The van der Waals surface area contributed by atoms with Crippen LogP contribution in [0.1, 0.15) is 56.5 Å². The van der Waals surface area contributed by atoms with E-state index in [2.05, 4.69) is 26.0 Å². The molecule has 2 saturated carbocycles. The van der Waals surface area contributed by atoms with Gasteiger partial charge < -0.3 is 4.98 Å². The van der Waals surface area contributed by atoms with Crippen LogP contribution in [0.2, 0.25) is 0 Å². The van der Waals surface area contributed by atoms with Crippen molar-refractivity contribution in [2.24, 2.45) is 5.92 Å². The number of fused-ring (bicyclic) bond motifs is 3. The number of sulfonamides is 1. The summed E-state index contributed by atoms with van der Waals surface area (Å²) in [6, 6.07) is 2.03. The van der Waals surface area contributed by atoms with E-state index in [4.69, 9.17) is 4.98 Å². The molecule has 0 bridgehead atoms. The predicted molar refractivity (Wildman–Crippen MR) is 104 cm³/mol. The van der Waals surface area contributed by atoms with Crippen LogP contribution in [0, 0.1) is 12.8 Å². The van der Waals surface area contributed by atoms with Crippen molar-refractivity contribution in [3.05, 3.63) is 30.0 Å². The van der Waals surface area contributed by atoms with Crippen LogP contribution < -0.4 is 4.72 Å². The Kier molecular flexibility index (Phi) is 3.84. The molecule has 3 aromatic heterocycles. The van der Waals surface area contributed by atoms with Crippen LogP contribution in [0.25, 0.3) is 16.7 Å². The van der Waals surface area contributed by atoms with Crippen molar-refractivity contribution in [2.75, 3.05) is 0 Å². The molecule has 3 heterocycles. The van der Waals surface area contributed by atoms with Gasteiger partial charge in [0.05, 0.1) is 28.2 Å². The number of nitrogens with zero attached hydrogens (tertiary/aromatic N) is 3. The number of hydrogen-bond donors (Lipinski definition) is 2. The van der Waals surface area contributed by atoms with Gasteiger partial charge in [-0.1, -0.05) is 13.3 Å². The van der Waals surface area contributed by atoms with Gasteiger partial charge in [0.2, 0.25) is 10.0 Å². The molecular formula is C19H25N5O2S. The van der Waals surface area contributed by atoms with Gasteiger partial charge in [0.1, 0.15) is 5.82 Å². The largest absolute Gasteiger partial charge is 0.345 e. The van der Waals surface area contributed by atoms with Crippen LogP contribution in [-0.2, 0) is 10.0 Å². The molecule has 3 aromatic rings. The zero-order chi connectivity index (χ0) is 18.8. The molecule has 0 radical (unpaired) electrons. The Morgan fingerprint density at radius 3 is 2.85 bits per heavy atom. The van der Waals surface area contributed by atoms with Gasteiger partial charge in [-0.2, -0.15) is 0 Å². The molecule has 7 nitrogen and oxygen atoms in total. The first kappa shape index (κ1) is 17.2. The highest BCUT2D eigenvalue weighted by Crippen LogP contribution is 2.43. The number of H-pyrrole nitrogens is 1. The minimum absolute atomic E-state index is 0.00163. The molecule has 5 rings (SSSR count). The topological polar surface area (TPSA) is 92.2 Å². The first-order chi connectivity index (χ1) is 13.0. The third-order valence-corrected chi connectivity index (χ3v) is 8.24. The summed E-state index contributed by atoms with van der Waals surface area (Å²) in [5.74, 6) is 1.70. The minimum Gasteiger partial charge on any atom is -0.345 e. The highest BCUT2D eigenvalue weighted by Gasteiger charge is 2.42. The Bertz CT molecular complexity index is 1110. The fourth-order valence-electron chi connectivity index (χ4n) is 4.67. The molecule has 27 heavy (non-hydrogen) atoms. The van der Waals surface area contributed by atoms with Crippen molar-refractivity contribution in [3.8, 4) is 0 Å². The lowest BCUT2D eigenvalue weighted by atomic mass is 9.93. The molecule has 0 amide bonds. The maximum atomic E-state index is 12.4. The molecule has 144 valence electrons. The zero-order valence-corrected chi connectivity index (χ0v) is 16.5. The van der Waals surface area contributed by atoms with Crippen molar-refractivity contribution in [1.82, 2.24) is 24.1 Å². The van der Waals surface area contributed by atoms with Crippen molar-refractivity contribution in [2.45, 2.75) is 63.2 Å². The summed E-state index contributed by atoms with van der Waals surface area (Å²) in [6.07, 6.45) is 8.06. The van der Waals surface area contributed by atoms with Crippen molar-refractivity contribution < 1.29 is 8.42 Å². The maximum absolute atomic E-state index is 12.4. The van der Waals surface area contributed by atoms with Crippen LogP contribution in [-0.4, -0.2) is 39.1 Å². The van der Waals surface area contributed by atoms with Crippen molar-refractivity contribution in [3.63, 3.8) is 0 Å². The summed E-state index contributed by atoms with van der Waals surface area (Å²) in [4.78, 5) is 12.6. The van der Waals surface area contributed by atoms with E-state index in [1.807, 2.05) is 25.4 Å². The SMILES string of the molecule is CC[C@@H]1C[C@H](NS(=O)(=O)C2CC2)C[C@@H]1c1nc(C)c2cnc3[nH]ccc3n12. The Morgan fingerprint density at radius 1 is 1.30 bits per heavy atom. The molecule has 0 aliphatic heterocycles. The molecule has 2 fully saturated rings. The summed E-state index contributed by atoms with van der Waals surface area (Å²) in [5, 5.41) is -0.170. The number of nitrogens with one attached hydrogen (secondary N) is 2. The number of aromatic nitrogens is 4. The quantitative estimate of drug-likeness (QED) is 0.704. The number of rotatable bonds is 5. The zero-order valence-electron chi connectivity index (χ0n) is 15.6. The second kappa shape index (κ2) is 6.04. The van der Waals surface area contributed by atoms with E-state index in [0.29, 0.717) is 5.92 Å². The second-order valence-corrected chi connectivity index (χ2v) is 10.0. The summed E-state index contributed by atoms with van der Waals surface area (Å²) in [5.41, 5.74) is 3.87. The molecule has 2 N–H and O–H groups in total. The summed E-state index contributed by atoms with van der Waals surface area (Å²) < 4.78 is 30.0. The van der Waals surface area contributed by atoms with Gasteiger partial charge in [-0.15, -0.1) is 0 Å². The number of hydrogen-bond acceptors (Lipinski definition) is 4. The van der Waals surface area contributed by atoms with Gasteiger partial charge in [-0.25, -0.2) is 23.1 Å². The highest BCUT2D eigenvalue weighted by molar-refractivity contribution is 7.90. The van der Waals surface area contributed by atoms with Crippen LogP contribution in [0.15, 0.2) is 18.5 Å². The Labute approximate surface area is 158 Å². The predicted octanol–water partition coefficient (Wildman–Crippen LogP) is 2.87. The van der Waals surface area contributed by atoms with Gasteiger partial charge >= 0.3 is 0 Å². The molecule has 0 spiro atoms. The fraction of sp³-hybridized carbons (Fsp3) is 0.579. The van der Waals surface area contributed by atoms with Gasteiger partial charge in [-0.3, -0.25) is 4.40 Å². The van der Waals surface area contributed by atoms with Gasteiger partial charge in [0.25, 0.3) is 0 Å². The Hall–Kier alpha value is -1.93. The van der Waals surface area contributed by atoms with Crippen LogP contribution >= 0.6 is 0 Å². The lowest BCUT2D eigenvalue weighted by molar-refractivity contribution is 0.450. The van der Waals surface area contributed by atoms with Crippen LogP contribution in [0.4, 0.5) is 0 Å². The first-order valence-electron chi connectivity index (χ1n) is 9.80. The van der Waals surface area contributed by atoms with Crippen LogP contribution in [0.3, 0.4) is 0 Å². The van der Waals surface area contributed by atoms with Crippen molar-refractivity contribution in [1.29, 1.82) is 0 Å². The number of aromatic amines is 1. The molecule has 3 atom stereocenters. The van der Waals surface area contributed by atoms with E-state index < -0.39 is 10.0 Å². The molecule has 0 saturated heterocycles. The average molecular weight is 388 g/mol. The normalized spacial score (nSPS) is 26.4. The third kappa shape index (κ3) is 2.77. The van der Waals surface area contributed by atoms with E-state index in [1.54, 1.807) is 0 Å². The lowest BCUT2D eigenvalue weighted by Crippen LogP contribution is -2.35. The van der Waals surface area contributed by atoms with E-state index in [-0.39, 0.29) is 17.2 Å². The minimum atomic E-state index is -3.16. The Balaban J connectivity index is 1.54. The molecule has 0 aromatic carbocycles. The van der Waals surface area contributed by atoms with E-state index in [9.17, 15) is 8.42 Å². The number of aryl methyl sites for hydroxylation is 1. The molecule has 2 aliphatic rings. The smallest absolute Gasteiger partial charge is 0.214 e.